The lowest BCUT2D eigenvalue weighted by atomic mass is 9.95. The first-order chi connectivity index (χ1) is 6.37. The van der Waals surface area contributed by atoms with Gasteiger partial charge in [0.25, 0.3) is 0 Å². The quantitative estimate of drug-likeness (QED) is 0.594. The van der Waals surface area contributed by atoms with Crippen molar-refractivity contribution >= 4 is 6.29 Å². The third-order valence-electron chi connectivity index (χ3n) is 3.38. The Morgan fingerprint density at radius 3 is 2.85 bits per heavy atom. The standard InChI is InChI=1S/C10H17NO2/c12-7-5-11-6-8-13-9-10(11)3-1-2-4-10/h7H,1-6,8-9H2. The summed E-state index contributed by atoms with van der Waals surface area (Å²) in [6.45, 7) is 3.14. The van der Waals surface area contributed by atoms with E-state index < -0.39 is 0 Å². The summed E-state index contributed by atoms with van der Waals surface area (Å²) in [5, 5.41) is 0. The summed E-state index contributed by atoms with van der Waals surface area (Å²) in [6.07, 6.45) is 6.02. The largest absolute Gasteiger partial charge is 0.378 e. The molecule has 1 aliphatic carbocycles. The van der Waals surface area contributed by atoms with E-state index in [2.05, 4.69) is 4.90 Å². The zero-order chi connectivity index (χ0) is 9.15. The first-order valence-corrected chi connectivity index (χ1v) is 5.14. The van der Waals surface area contributed by atoms with Gasteiger partial charge in [0.1, 0.15) is 6.29 Å². The molecule has 0 N–H and O–H groups in total. The second-order valence-corrected chi connectivity index (χ2v) is 4.10. The van der Waals surface area contributed by atoms with Crippen molar-refractivity contribution in [3.63, 3.8) is 0 Å². The Labute approximate surface area is 79.0 Å². The topological polar surface area (TPSA) is 29.5 Å². The number of hydrogen-bond donors (Lipinski definition) is 0. The minimum Gasteiger partial charge on any atom is -0.378 e. The molecule has 0 radical (unpaired) electrons. The van der Waals surface area contributed by atoms with Gasteiger partial charge in [-0.25, -0.2) is 0 Å². The minimum absolute atomic E-state index is 0.221. The molecular weight excluding hydrogens is 166 g/mol. The molecule has 1 saturated carbocycles. The fraction of sp³-hybridized carbons (Fsp3) is 0.900. The molecule has 1 aliphatic heterocycles. The van der Waals surface area contributed by atoms with Crippen molar-refractivity contribution in [2.75, 3.05) is 26.3 Å². The van der Waals surface area contributed by atoms with Crippen LogP contribution in [0.1, 0.15) is 25.7 Å². The first-order valence-electron chi connectivity index (χ1n) is 5.14. The van der Waals surface area contributed by atoms with Gasteiger partial charge in [-0.3, -0.25) is 4.90 Å². The van der Waals surface area contributed by atoms with Gasteiger partial charge in [0.2, 0.25) is 0 Å². The number of nitrogens with zero attached hydrogens (tertiary/aromatic N) is 1. The van der Waals surface area contributed by atoms with Crippen molar-refractivity contribution in [1.29, 1.82) is 0 Å². The van der Waals surface area contributed by atoms with Gasteiger partial charge < -0.3 is 9.53 Å². The van der Waals surface area contributed by atoms with Crippen LogP contribution < -0.4 is 0 Å². The molecule has 2 rings (SSSR count). The van der Waals surface area contributed by atoms with Crippen LogP contribution in [-0.4, -0.2) is 43.0 Å². The third kappa shape index (κ3) is 1.63. The van der Waals surface area contributed by atoms with E-state index in [0.29, 0.717) is 6.54 Å². The molecule has 1 heterocycles. The van der Waals surface area contributed by atoms with Crippen LogP contribution in [0.25, 0.3) is 0 Å². The van der Waals surface area contributed by atoms with Crippen LogP contribution in [0.3, 0.4) is 0 Å². The molecule has 13 heavy (non-hydrogen) atoms. The number of hydrogen-bond acceptors (Lipinski definition) is 3. The molecule has 0 amide bonds. The van der Waals surface area contributed by atoms with E-state index in [1.807, 2.05) is 0 Å². The molecule has 3 nitrogen and oxygen atoms in total. The van der Waals surface area contributed by atoms with Crippen LogP contribution in [0.5, 0.6) is 0 Å². The van der Waals surface area contributed by atoms with Gasteiger partial charge in [-0.1, -0.05) is 12.8 Å². The fourth-order valence-electron chi connectivity index (χ4n) is 2.63. The maximum absolute atomic E-state index is 10.5. The van der Waals surface area contributed by atoms with E-state index in [9.17, 15) is 4.79 Å². The molecule has 1 saturated heterocycles. The van der Waals surface area contributed by atoms with Gasteiger partial charge in [0, 0.05) is 12.1 Å². The molecule has 0 atom stereocenters. The second kappa shape index (κ2) is 3.76. The SMILES string of the molecule is O=CCN1CCOCC12CCCC2. The average Bonchev–Trinajstić information content (AvgIpc) is 2.59. The second-order valence-electron chi connectivity index (χ2n) is 4.10. The highest BCUT2D eigenvalue weighted by Crippen LogP contribution is 2.36. The van der Waals surface area contributed by atoms with Crippen LogP contribution in [0.2, 0.25) is 0 Å². The summed E-state index contributed by atoms with van der Waals surface area (Å²) in [5.41, 5.74) is 0.221. The van der Waals surface area contributed by atoms with Crippen molar-refractivity contribution in [1.82, 2.24) is 4.90 Å². The molecule has 74 valence electrons. The monoisotopic (exact) mass is 183 g/mol. The summed E-state index contributed by atoms with van der Waals surface area (Å²) in [5.74, 6) is 0. The fourth-order valence-corrected chi connectivity index (χ4v) is 2.63. The normalized spacial score (nSPS) is 28.0. The van der Waals surface area contributed by atoms with E-state index in [-0.39, 0.29) is 5.54 Å². The predicted octanol–water partition coefficient (Wildman–Crippen LogP) is 0.830. The highest BCUT2D eigenvalue weighted by molar-refractivity contribution is 5.52. The maximum atomic E-state index is 10.5. The molecule has 0 aromatic carbocycles. The molecule has 1 spiro atoms. The smallest absolute Gasteiger partial charge is 0.134 e. The summed E-state index contributed by atoms with van der Waals surface area (Å²) in [4.78, 5) is 12.8. The molecule has 2 aliphatic rings. The summed E-state index contributed by atoms with van der Waals surface area (Å²) < 4.78 is 5.53. The number of carbonyl (C=O) groups is 1. The maximum Gasteiger partial charge on any atom is 0.134 e. The highest BCUT2D eigenvalue weighted by atomic mass is 16.5. The van der Waals surface area contributed by atoms with E-state index in [1.165, 1.54) is 25.7 Å². The first kappa shape index (κ1) is 9.16. The van der Waals surface area contributed by atoms with Crippen LogP contribution in [0.4, 0.5) is 0 Å². The van der Waals surface area contributed by atoms with Crippen LogP contribution in [0, 0.1) is 0 Å². The Bertz CT molecular complexity index is 187. The molecule has 0 bridgehead atoms. The molecule has 0 unspecified atom stereocenters. The van der Waals surface area contributed by atoms with Crippen molar-refractivity contribution < 1.29 is 9.53 Å². The Balaban J connectivity index is 2.06. The Morgan fingerprint density at radius 2 is 2.15 bits per heavy atom. The van der Waals surface area contributed by atoms with Crippen molar-refractivity contribution in [3.05, 3.63) is 0 Å². The van der Waals surface area contributed by atoms with E-state index >= 15 is 0 Å². The van der Waals surface area contributed by atoms with Crippen molar-refractivity contribution in [2.24, 2.45) is 0 Å². The molecule has 0 aromatic rings. The molecular formula is C10H17NO2. The number of carbonyl (C=O) groups excluding carboxylic acids is 1. The van der Waals surface area contributed by atoms with E-state index in [4.69, 9.17) is 4.74 Å². The zero-order valence-corrected chi connectivity index (χ0v) is 8.00. The molecule has 2 fully saturated rings. The Kier molecular flexibility index (Phi) is 2.65. The van der Waals surface area contributed by atoms with Gasteiger partial charge in [0.15, 0.2) is 0 Å². The number of aldehydes is 1. The van der Waals surface area contributed by atoms with E-state index in [0.717, 1.165) is 26.0 Å². The van der Waals surface area contributed by atoms with Crippen LogP contribution in [0.15, 0.2) is 0 Å². The van der Waals surface area contributed by atoms with Gasteiger partial charge in [-0.2, -0.15) is 0 Å². The van der Waals surface area contributed by atoms with E-state index in [1.54, 1.807) is 0 Å². The van der Waals surface area contributed by atoms with Crippen LogP contribution >= 0.6 is 0 Å². The average molecular weight is 183 g/mol. The Hall–Kier alpha value is -0.410. The lowest BCUT2D eigenvalue weighted by Gasteiger charge is -2.43. The molecule has 3 heteroatoms. The third-order valence-corrected chi connectivity index (χ3v) is 3.38. The Morgan fingerprint density at radius 1 is 1.38 bits per heavy atom. The lowest BCUT2D eigenvalue weighted by Crippen LogP contribution is -2.55. The summed E-state index contributed by atoms with van der Waals surface area (Å²) in [6, 6.07) is 0. The zero-order valence-electron chi connectivity index (χ0n) is 8.00. The van der Waals surface area contributed by atoms with Gasteiger partial charge in [-0.15, -0.1) is 0 Å². The van der Waals surface area contributed by atoms with Gasteiger partial charge in [0.05, 0.1) is 19.8 Å². The minimum atomic E-state index is 0.221. The van der Waals surface area contributed by atoms with Gasteiger partial charge in [-0.05, 0) is 12.8 Å². The summed E-state index contributed by atoms with van der Waals surface area (Å²) in [7, 11) is 0. The number of rotatable bonds is 2. The van der Waals surface area contributed by atoms with Crippen molar-refractivity contribution in [2.45, 2.75) is 31.2 Å². The van der Waals surface area contributed by atoms with Crippen LogP contribution in [-0.2, 0) is 9.53 Å². The number of ether oxygens (including phenoxy) is 1. The van der Waals surface area contributed by atoms with Gasteiger partial charge >= 0.3 is 0 Å². The molecule has 0 aromatic heterocycles. The number of morpholine rings is 1. The highest BCUT2D eigenvalue weighted by Gasteiger charge is 2.41. The summed E-state index contributed by atoms with van der Waals surface area (Å²) >= 11 is 0. The predicted molar refractivity (Wildman–Crippen MR) is 49.7 cm³/mol. The lowest BCUT2D eigenvalue weighted by molar-refractivity contribution is -0.115. The van der Waals surface area contributed by atoms with Crippen molar-refractivity contribution in [3.8, 4) is 0 Å².